The maximum atomic E-state index is 12.6. The van der Waals surface area contributed by atoms with Crippen LogP contribution in [-0.4, -0.2) is 34.9 Å². The highest BCUT2D eigenvalue weighted by molar-refractivity contribution is 5.79. The molecule has 0 saturated heterocycles. The minimum atomic E-state index is -0.866. The van der Waals surface area contributed by atoms with E-state index < -0.39 is 23.2 Å². The van der Waals surface area contributed by atoms with Crippen LogP contribution in [0.4, 0.5) is 10.5 Å². The fourth-order valence-electron chi connectivity index (χ4n) is 4.18. The molecule has 0 aliphatic heterocycles. The Balaban J connectivity index is 1.43. The van der Waals surface area contributed by atoms with Gasteiger partial charge in [0, 0.05) is 18.1 Å². The van der Waals surface area contributed by atoms with Crippen LogP contribution >= 0.6 is 0 Å². The van der Waals surface area contributed by atoms with Crippen LogP contribution < -0.4 is 5.32 Å². The van der Waals surface area contributed by atoms with E-state index >= 15 is 0 Å². The molecule has 0 radical (unpaired) electrons. The van der Waals surface area contributed by atoms with Crippen molar-refractivity contribution >= 4 is 11.8 Å². The second-order valence-electron chi connectivity index (χ2n) is 7.95. The number of carbonyl (C=O) groups excluding carboxylic acids is 1. The van der Waals surface area contributed by atoms with Gasteiger partial charge in [0.15, 0.2) is 0 Å². The van der Waals surface area contributed by atoms with E-state index in [9.17, 15) is 20.0 Å². The summed E-state index contributed by atoms with van der Waals surface area (Å²) in [5.74, 6) is -0.0603. The van der Waals surface area contributed by atoms with Crippen LogP contribution in [0.2, 0.25) is 0 Å². The summed E-state index contributed by atoms with van der Waals surface area (Å²) in [6, 6.07) is 21.7. The summed E-state index contributed by atoms with van der Waals surface area (Å²) < 4.78 is 5.55. The largest absolute Gasteiger partial charge is 0.449 e. The minimum Gasteiger partial charge on any atom is -0.449 e. The summed E-state index contributed by atoms with van der Waals surface area (Å²) in [6.07, 6.45) is -1.26. The van der Waals surface area contributed by atoms with Gasteiger partial charge in [-0.05, 0) is 41.2 Å². The minimum absolute atomic E-state index is 0.0343. The zero-order valence-corrected chi connectivity index (χ0v) is 17.6. The number of ether oxygens (including phenoxy) is 1. The number of amides is 1. The molecule has 7 nitrogen and oxygen atoms in total. The maximum Gasteiger partial charge on any atom is 0.407 e. The van der Waals surface area contributed by atoms with Crippen molar-refractivity contribution < 1.29 is 19.6 Å². The predicted octanol–water partition coefficient (Wildman–Crippen LogP) is 4.43. The lowest BCUT2D eigenvalue weighted by Gasteiger charge is -2.22. The third-order valence-corrected chi connectivity index (χ3v) is 5.81. The van der Waals surface area contributed by atoms with Gasteiger partial charge in [-0.1, -0.05) is 60.7 Å². The first-order valence-electron chi connectivity index (χ1n) is 10.5. The first kappa shape index (κ1) is 21.5. The first-order valence-corrected chi connectivity index (χ1v) is 10.5. The van der Waals surface area contributed by atoms with E-state index in [1.165, 1.54) is 12.1 Å². The molecule has 0 aromatic heterocycles. The molecule has 0 heterocycles. The van der Waals surface area contributed by atoms with Crippen molar-refractivity contribution in [3.05, 3.63) is 99.6 Å². The molecule has 32 heavy (non-hydrogen) atoms. The highest BCUT2D eigenvalue weighted by Gasteiger charge is 2.29. The molecular formula is C25H24N2O5. The van der Waals surface area contributed by atoms with Crippen LogP contribution in [0, 0.1) is 10.1 Å². The van der Waals surface area contributed by atoms with Crippen LogP contribution in [0.1, 0.15) is 29.5 Å². The topological polar surface area (TPSA) is 102 Å². The summed E-state index contributed by atoms with van der Waals surface area (Å²) in [4.78, 5) is 23.1. The van der Waals surface area contributed by atoms with Crippen LogP contribution in [0.15, 0.2) is 72.8 Å². The molecular weight excluding hydrogens is 408 g/mol. The number of hydrogen-bond donors (Lipinski definition) is 2. The fourth-order valence-corrected chi connectivity index (χ4v) is 4.18. The molecule has 1 aliphatic carbocycles. The van der Waals surface area contributed by atoms with E-state index in [2.05, 4.69) is 17.4 Å². The number of hydrogen-bond acceptors (Lipinski definition) is 5. The molecule has 0 fully saturated rings. The Bertz CT molecular complexity index is 1100. The van der Waals surface area contributed by atoms with Crippen LogP contribution in [-0.2, 0) is 11.2 Å². The molecule has 4 rings (SSSR count). The van der Waals surface area contributed by atoms with E-state index in [1.807, 2.05) is 36.4 Å². The predicted molar refractivity (Wildman–Crippen MR) is 120 cm³/mol. The van der Waals surface area contributed by atoms with Gasteiger partial charge < -0.3 is 15.2 Å². The number of non-ortho nitro benzene ring substituents is 1. The van der Waals surface area contributed by atoms with Crippen molar-refractivity contribution in [1.29, 1.82) is 0 Å². The summed E-state index contributed by atoms with van der Waals surface area (Å²) in [5.41, 5.74) is 5.13. The Morgan fingerprint density at radius 1 is 1.06 bits per heavy atom. The number of nitro groups is 1. The average molecular weight is 432 g/mol. The Labute approximate surface area is 185 Å². The number of nitro benzene ring substituents is 1. The van der Waals surface area contributed by atoms with E-state index in [4.69, 9.17) is 4.74 Å². The molecule has 3 aromatic rings. The molecule has 3 aromatic carbocycles. The lowest BCUT2D eigenvalue weighted by atomic mass is 9.98. The summed E-state index contributed by atoms with van der Waals surface area (Å²) >= 11 is 0. The quantitative estimate of drug-likeness (QED) is 0.425. The van der Waals surface area contributed by atoms with E-state index in [1.54, 1.807) is 19.1 Å². The molecule has 0 saturated carbocycles. The standard InChI is InChI=1S/C25H24N2O5/c1-16(28)24(14-17-7-6-8-18(13-17)27(30)31)26-25(29)32-15-23-21-11-4-2-9-19(21)20-10-3-5-12-22(20)23/h2-13,16,23-24,28H,14-15H2,1H3,(H,26,29). The fraction of sp³-hybridized carbons (Fsp3) is 0.240. The molecule has 1 amide bonds. The van der Waals surface area contributed by atoms with Crippen LogP contribution in [0.3, 0.4) is 0 Å². The summed E-state index contributed by atoms with van der Waals surface area (Å²) in [6.45, 7) is 1.73. The third kappa shape index (κ3) is 4.48. The third-order valence-electron chi connectivity index (χ3n) is 5.81. The Hall–Kier alpha value is -3.71. The van der Waals surface area contributed by atoms with Gasteiger partial charge >= 0.3 is 6.09 Å². The van der Waals surface area contributed by atoms with Crippen molar-refractivity contribution in [3.8, 4) is 11.1 Å². The second kappa shape index (κ2) is 9.20. The first-order chi connectivity index (χ1) is 15.4. The van der Waals surface area contributed by atoms with Gasteiger partial charge in [0.2, 0.25) is 0 Å². The van der Waals surface area contributed by atoms with E-state index in [-0.39, 0.29) is 24.6 Å². The van der Waals surface area contributed by atoms with Crippen LogP contribution in [0.25, 0.3) is 11.1 Å². The monoisotopic (exact) mass is 432 g/mol. The second-order valence-corrected chi connectivity index (χ2v) is 7.95. The smallest absolute Gasteiger partial charge is 0.407 e. The van der Waals surface area contributed by atoms with Gasteiger partial charge in [0.25, 0.3) is 5.69 Å². The van der Waals surface area contributed by atoms with Gasteiger partial charge in [-0.15, -0.1) is 0 Å². The molecule has 7 heteroatoms. The number of alkyl carbamates (subject to hydrolysis) is 1. The summed E-state index contributed by atoms with van der Waals surface area (Å²) in [7, 11) is 0. The Kier molecular flexibility index (Phi) is 6.18. The maximum absolute atomic E-state index is 12.6. The normalized spacial score (nSPS) is 14.2. The van der Waals surface area contributed by atoms with Gasteiger partial charge in [-0.25, -0.2) is 4.79 Å². The van der Waals surface area contributed by atoms with Crippen molar-refractivity contribution in [2.75, 3.05) is 6.61 Å². The van der Waals surface area contributed by atoms with Crippen molar-refractivity contribution in [3.63, 3.8) is 0 Å². The van der Waals surface area contributed by atoms with Gasteiger partial charge in [-0.2, -0.15) is 0 Å². The number of aliphatic hydroxyl groups is 1. The van der Waals surface area contributed by atoms with E-state index in [0.717, 1.165) is 22.3 Å². The number of rotatable bonds is 7. The number of nitrogens with zero attached hydrogens (tertiary/aromatic N) is 1. The molecule has 2 atom stereocenters. The highest BCUT2D eigenvalue weighted by Crippen LogP contribution is 2.44. The van der Waals surface area contributed by atoms with Gasteiger partial charge in [0.1, 0.15) is 6.61 Å². The molecule has 2 unspecified atom stereocenters. The lowest BCUT2D eigenvalue weighted by Crippen LogP contribution is -2.44. The molecule has 2 N–H and O–H groups in total. The van der Waals surface area contributed by atoms with Crippen molar-refractivity contribution in [2.45, 2.75) is 31.4 Å². The molecule has 1 aliphatic rings. The van der Waals surface area contributed by atoms with Crippen molar-refractivity contribution in [1.82, 2.24) is 5.32 Å². The molecule has 164 valence electrons. The number of nitrogens with one attached hydrogen (secondary N) is 1. The zero-order valence-electron chi connectivity index (χ0n) is 17.6. The Morgan fingerprint density at radius 2 is 1.69 bits per heavy atom. The average Bonchev–Trinajstić information content (AvgIpc) is 3.11. The number of benzene rings is 3. The SMILES string of the molecule is CC(O)C(Cc1cccc([N+](=O)[O-])c1)NC(=O)OCC1c2ccccc2-c2ccccc21. The van der Waals surface area contributed by atoms with Gasteiger partial charge in [0.05, 0.1) is 17.1 Å². The Morgan fingerprint density at radius 3 is 2.28 bits per heavy atom. The number of aliphatic hydroxyl groups excluding tert-OH is 1. The van der Waals surface area contributed by atoms with Crippen molar-refractivity contribution in [2.24, 2.45) is 0 Å². The van der Waals surface area contributed by atoms with E-state index in [0.29, 0.717) is 5.56 Å². The molecule has 0 spiro atoms. The number of carbonyl (C=O) groups is 1. The van der Waals surface area contributed by atoms with Gasteiger partial charge in [-0.3, -0.25) is 10.1 Å². The number of fused-ring (bicyclic) bond motifs is 3. The highest BCUT2D eigenvalue weighted by atomic mass is 16.6. The zero-order chi connectivity index (χ0) is 22.7. The molecule has 0 bridgehead atoms. The summed E-state index contributed by atoms with van der Waals surface area (Å²) in [5, 5.41) is 23.8. The lowest BCUT2D eigenvalue weighted by molar-refractivity contribution is -0.384. The van der Waals surface area contributed by atoms with Crippen LogP contribution in [0.5, 0.6) is 0 Å².